The third kappa shape index (κ3) is 4.24. The summed E-state index contributed by atoms with van der Waals surface area (Å²) in [5.41, 5.74) is 4.71. The Morgan fingerprint density at radius 3 is 2.77 bits per heavy atom. The molecule has 5 rings (SSSR count). The Labute approximate surface area is 189 Å². The van der Waals surface area contributed by atoms with E-state index in [9.17, 15) is 0 Å². The topological polar surface area (TPSA) is 65.5 Å². The van der Waals surface area contributed by atoms with Gasteiger partial charge in [0.2, 0.25) is 5.88 Å². The van der Waals surface area contributed by atoms with Crippen LogP contribution >= 0.6 is 24.8 Å². The van der Waals surface area contributed by atoms with E-state index in [2.05, 4.69) is 33.5 Å². The van der Waals surface area contributed by atoms with Gasteiger partial charge in [-0.1, -0.05) is 6.07 Å². The van der Waals surface area contributed by atoms with E-state index in [0.29, 0.717) is 12.5 Å². The lowest BCUT2D eigenvalue weighted by Gasteiger charge is -2.42. The molecule has 1 spiro atoms. The number of halogens is 2. The Hall–Kier alpha value is -1.60. The maximum Gasteiger partial charge on any atom is 0.220 e. The molecule has 0 bridgehead atoms. The summed E-state index contributed by atoms with van der Waals surface area (Å²) >= 11 is 0. The molecule has 1 N–H and O–H groups in total. The van der Waals surface area contributed by atoms with E-state index in [1.807, 2.05) is 13.8 Å². The number of rotatable bonds is 3. The summed E-state index contributed by atoms with van der Waals surface area (Å²) in [4.78, 5) is 8.86. The van der Waals surface area contributed by atoms with E-state index in [4.69, 9.17) is 14.2 Å². The molecule has 1 aromatic carbocycles. The minimum atomic E-state index is -0.109. The fourth-order valence-corrected chi connectivity index (χ4v) is 4.74. The number of benzene rings is 1. The molecule has 3 aliphatic heterocycles. The first-order chi connectivity index (χ1) is 13.6. The highest BCUT2D eigenvalue weighted by Gasteiger charge is 2.39. The lowest BCUT2D eigenvalue weighted by atomic mass is 9.80. The second-order valence-electron chi connectivity index (χ2n) is 8.06. The van der Waals surface area contributed by atoms with E-state index in [-0.39, 0.29) is 36.5 Å². The van der Waals surface area contributed by atoms with Gasteiger partial charge in [-0.3, -0.25) is 0 Å². The van der Waals surface area contributed by atoms with E-state index in [1.54, 1.807) is 0 Å². The molecule has 6 nitrogen and oxygen atoms in total. The summed E-state index contributed by atoms with van der Waals surface area (Å²) in [5.74, 6) is 2.37. The normalized spacial score (nSPS) is 20.9. The van der Waals surface area contributed by atoms with Gasteiger partial charge in [-0.25, -0.2) is 4.98 Å². The highest BCUT2D eigenvalue weighted by atomic mass is 35.5. The molecule has 3 aliphatic rings. The molecule has 1 unspecified atom stereocenters. The number of ether oxygens (including phenoxy) is 3. The van der Waals surface area contributed by atoms with Crippen molar-refractivity contribution in [2.75, 3.05) is 26.3 Å². The number of hydrogen-bond acceptors (Lipinski definition) is 6. The number of fused-ring (bicyclic) bond motifs is 3. The lowest BCUT2D eigenvalue weighted by Crippen LogP contribution is -2.44. The first-order valence-electron chi connectivity index (χ1n) is 10.2. The van der Waals surface area contributed by atoms with Gasteiger partial charge >= 0.3 is 0 Å². The average molecular weight is 454 g/mol. The molecular weight excluding hydrogens is 425 g/mol. The second-order valence-corrected chi connectivity index (χ2v) is 8.06. The molecular formula is C22H29Cl2N3O3. The van der Waals surface area contributed by atoms with Crippen LogP contribution in [0.5, 0.6) is 11.6 Å². The highest BCUT2D eigenvalue weighted by molar-refractivity contribution is 5.85. The largest absolute Gasteiger partial charge is 0.490 e. The van der Waals surface area contributed by atoms with E-state index in [0.717, 1.165) is 68.2 Å². The molecule has 1 aromatic heterocycles. The highest BCUT2D eigenvalue weighted by Crippen LogP contribution is 2.41. The Morgan fingerprint density at radius 1 is 1.17 bits per heavy atom. The molecule has 8 heteroatoms. The molecule has 0 aliphatic carbocycles. The maximum absolute atomic E-state index is 6.26. The van der Waals surface area contributed by atoms with Crippen LogP contribution in [0.4, 0.5) is 0 Å². The molecule has 0 saturated carbocycles. The van der Waals surface area contributed by atoms with Crippen LogP contribution in [-0.4, -0.2) is 42.4 Å². The molecule has 0 radical (unpaired) electrons. The zero-order valence-corrected chi connectivity index (χ0v) is 19.0. The quantitative estimate of drug-likeness (QED) is 0.767. The van der Waals surface area contributed by atoms with Crippen molar-refractivity contribution in [3.05, 3.63) is 46.4 Å². The van der Waals surface area contributed by atoms with E-state index in [1.165, 1.54) is 11.1 Å². The number of aromatic nitrogens is 2. The minimum Gasteiger partial charge on any atom is -0.490 e. The zero-order valence-electron chi connectivity index (χ0n) is 17.4. The Bertz CT molecular complexity index is 903. The predicted molar refractivity (Wildman–Crippen MR) is 119 cm³/mol. The van der Waals surface area contributed by atoms with Crippen molar-refractivity contribution >= 4 is 24.8 Å². The number of nitrogens with zero attached hydrogens (tertiary/aromatic N) is 2. The van der Waals surface area contributed by atoms with Crippen LogP contribution in [0.15, 0.2) is 18.2 Å². The van der Waals surface area contributed by atoms with Gasteiger partial charge in [0, 0.05) is 17.7 Å². The van der Waals surface area contributed by atoms with Gasteiger partial charge in [0.25, 0.3) is 0 Å². The van der Waals surface area contributed by atoms with Crippen LogP contribution in [0.1, 0.15) is 41.1 Å². The fourth-order valence-electron chi connectivity index (χ4n) is 4.74. The number of aryl methyl sites for hydroxylation is 2. The van der Waals surface area contributed by atoms with Crippen molar-refractivity contribution in [1.29, 1.82) is 0 Å². The first-order valence-corrected chi connectivity index (χ1v) is 10.2. The number of piperidine rings is 1. The summed E-state index contributed by atoms with van der Waals surface area (Å²) in [7, 11) is 0. The van der Waals surface area contributed by atoms with Crippen molar-refractivity contribution in [2.24, 2.45) is 0 Å². The molecule has 2 aromatic rings. The maximum atomic E-state index is 6.26. The van der Waals surface area contributed by atoms with Crippen LogP contribution in [0.3, 0.4) is 0 Å². The number of nitrogens with one attached hydrogen (secondary N) is 1. The van der Waals surface area contributed by atoms with Crippen molar-refractivity contribution in [2.45, 2.75) is 51.2 Å². The van der Waals surface area contributed by atoms with Crippen LogP contribution in [0, 0.1) is 13.8 Å². The van der Waals surface area contributed by atoms with Gasteiger partial charge in [-0.2, -0.15) is 4.98 Å². The van der Waals surface area contributed by atoms with Gasteiger partial charge in [0.1, 0.15) is 24.3 Å². The standard InChI is InChI=1S/C22H27N3O3.2ClH/c1-14-19-12-18(28-21(19)25-15(2)24-14)13-26-17-3-4-20-16(11-17)5-10-27-22(20)6-8-23-9-7-22;;/h3-4,11,18,23H,5-10,12-13H2,1-2H3;2*1H. The van der Waals surface area contributed by atoms with Gasteiger partial charge in [-0.05, 0) is 69.5 Å². The van der Waals surface area contributed by atoms with Crippen LogP contribution < -0.4 is 14.8 Å². The van der Waals surface area contributed by atoms with Crippen LogP contribution in [0.2, 0.25) is 0 Å². The van der Waals surface area contributed by atoms with Crippen LogP contribution in [-0.2, 0) is 23.2 Å². The average Bonchev–Trinajstić information content (AvgIpc) is 3.10. The van der Waals surface area contributed by atoms with Gasteiger partial charge in [-0.15, -0.1) is 24.8 Å². The Balaban J connectivity index is 0.00000128. The Kier molecular flexibility index (Phi) is 7.13. The van der Waals surface area contributed by atoms with Crippen molar-refractivity contribution < 1.29 is 14.2 Å². The predicted octanol–water partition coefficient (Wildman–Crippen LogP) is 3.47. The summed E-state index contributed by atoms with van der Waals surface area (Å²) in [5, 5.41) is 3.44. The number of hydrogen-bond donors (Lipinski definition) is 1. The van der Waals surface area contributed by atoms with Gasteiger partial charge < -0.3 is 19.5 Å². The molecule has 164 valence electrons. The molecule has 4 heterocycles. The van der Waals surface area contributed by atoms with Crippen molar-refractivity contribution in [3.63, 3.8) is 0 Å². The molecule has 0 amide bonds. The zero-order chi connectivity index (χ0) is 19.1. The molecule has 1 fully saturated rings. The smallest absolute Gasteiger partial charge is 0.220 e. The summed E-state index contributed by atoms with van der Waals surface area (Å²) in [6.07, 6.45) is 3.81. The Morgan fingerprint density at radius 2 is 1.97 bits per heavy atom. The first kappa shape index (κ1) is 23.1. The summed E-state index contributed by atoms with van der Waals surface area (Å²) < 4.78 is 18.4. The summed E-state index contributed by atoms with van der Waals surface area (Å²) in [6, 6.07) is 6.48. The van der Waals surface area contributed by atoms with E-state index >= 15 is 0 Å². The molecule has 30 heavy (non-hydrogen) atoms. The van der Waals surface area contributed by atoms with E-state index < -0.39 is 0 Å². The third-order valence-electron chi connectivity index (χ3n) is 6.16. The fraction of sp³-hybridized carbons (Fsp3) is 0.545. The second kappa shape index (κ2) is 9.27. The lowest BCUT2D eigenvalue weighted by molar-refractivity contribution is -0.0802. The van der Waals surface area contributed by atoms with Gasteiger partial charge in [0.05, 0.1) is 12.2 Å². The molecule has 1 saturated heterocycles. The van der Waals surface area contributed by atoms with Crippen LogP contribution in [0.25, 0.3) is 0 Å². The van der Waals surface area contributed by atoms with Crippen molar-refractivity contribution in [3.8, 4) is 11.6 Å². The monoisotopic (exact) mass is 453 g/mol. The van der Waals surface area contributed by atoms with Crippen molar-refractivity contribution in [1.82, 2.24) is 15.3 Å². The SMILES string of the molecule is Cc1nc(C)c2c(n1)OC(COc1ccc3c(c1)CCOC31CCNCC1)C2.Cl.Cl. The summed E-state index contributed by atoms with van der Waals surface area (Å²) in [6.45, 7) is 7.24. The minimum absolute atomic E-state index is 0. The molecule has 1 atom stereocenters. The van der Waals surface area contributed by atoms with Gasteiger partial charge in [0.15, 0.2) is 0 Å². The third-order valence-corrected chi connectivity index (χ3v) is 6.16.